The number of aromatic nitrogens is 1. The maximum atomic E-state index is 10.2. The van der Waals surface area contributed by atoms with Crippen LogP contribution in [0, 0.1) is 0 Å². The number of hydrogen-bond acceptors (Lipinski definition) is 3. The molecule has 0 radical (unpaired) electrons. The van der Waals surface area contributed by atoms with E-state index < -0.39 is 12.6 Å². The van der Waals surface area contributed by atoms with Crippen molar-refractivity contribution in [2.45, 2.75) is 0 Å². The van der Waals surface area contributed by atoms with Gasteiger partial charge in [0.2, 0.25) is 5.88 Å². The molecule has 0 saturated carbocycles. The van der Waals surface area contributed by atoms with Crippen LogP contribution < -0.4 is 4.74 Å². The van der Waals surface area contributed by atoms with Gasteiger partial charge in [-0.25, -0.2) is 4.79 Å². The first-order chi connectivity index (χ1) is 6.50. The molecule has 0 aliphatic heterocycles. The molecule has 1 aromatic rings. The third kappa shape index (κ3) is 4.30. The van der Waals surface area contributed by atoms with E-state index in [-0.39, 0.29) is 33.5 Å². The summed E-state index contributed by atoms with van der Waals surface area (Å²) in [5, 5.41) is 8.64. The van der Waals surface area contributed by atoms with E-state index in [0.717, 1.165) is 0 Å². The lowest BCUT2D eigenvalue weighted by atomic mass is 10.5. The zero-order valence-corrected chi connectivity index (χ0v) is 10.1. The highest BCUT2D eigenvalue weighted by Gasteiger charge is 2.10. The zero-order valence-electron chi connectivity index (χ0n) is 7.04. The van der Waals surface area contributed by atoms with Crippen LogP contribution in [0.5, 0.6) is 5.88 Å². The molecular formula is C7H5Cl4NO3. The van der Waals surface area contributed by atoms with Crippen molar-refractivity contribution in [1.29, 1.82) is 0 Å². The third-order valence-electron chi connectivity index (χ3n) is 1.19. The Labute approximate surface area is 107 Å². The number of carbonyl (C=O) groups is 1. The Balaban J connectivity index is 0.00000196. The maximum absolute atomic E-state index is 10.2. The number of carboxylic acids is 1. The summed E-state index contributed by atoms with van der Waals surface area (Å²) in [6.45, 7) is -0.537. The van der Waals surface area contributed by atoms with Crippen LogP contribution >= 0.6 is 47.2 Å². The number of halogens is 4. The van der Waals surface area contributed by atoms with Gasteiger partial charge in [0.05, 0.1) is 5.02 Å². The van der Waals surface area contributed by atoms with Gasteiger partial charge in [-0.1, -0.05) is 34.8 Å². The first-order valence-corrected chi connectivity index (χ1v) is 4.50. The van der Waals surface area contributed by atoms with Crippen molar-refractivity contribution < 1.29 is 14.6 Å². The molecule has 15 heavy (non-hydrogen) atoms. The van der Waals surface area contributed by atoms with Gasteiger partial charge in [-0.05, 0) is 6.07 Å². The molecule has 0 bridgehead atoms. The SMILES string of the molecule is Cl.O=C(O)COc1nc(Cl)c(Cl)cc1Cl. The van der Waals surface area contributed by atoms with Crippen molar-refractivity contribution >= 4 is 53.2 Å². The lowest BCUT2D eigenvalue weighted by molar-refractivity contribution is -0.139. The number of nitrogens with zero attached hydrogens (tertiary/aromatic N) is 1. The summed E-state index contributed by atoms with van der Waals surface area (Å²) in [4.78, 5) is 13.8. The lowest BCUT2D eigenvalue weighted by Gasteiger charge is -2.05. The van der Waals surface area contributed by atoms with Crippen molar-refractivity contribution in [2.75, 3.05) is 6.61 Å². The number of pyridine rings is 1. The van der Waals surface area contributed by atoms with Crippen LogP contribution in [0.1, 0.15) is 0 Å². The van der Waals surface area contributed by atoms with Gasteiger partial charge in [-0.3, -0.25) is 0 Å². The number of ether oxygens (including phenoxy) is 1. The van der Waals surface area contributed by atoms with Crippen LogP contribution in [-0.4, -0.2) is 22.7 Å². The van der Waals surface area contributed by atoms with Crippen molar-refractivity contribution in [2.24, 2.45) is 0 Å². The molecule has 1 rings (SSSR count). The van der Waals surface area contributed by atoms with Crippen LogP contribution in [0.2, 0.25) is 15.2 Å². The topological polar surface area (TPSA) is 59.4 Å². The summed E-state index contributed by atoms with van der Waals surface area (Å²) in [5.41, 5.74) is 0. The zero-order chi connectivity index (χ0) is 10.7. The highest BCUT2D eigenvalue weighted by atomic mass is 35.5. The molecule has 0 unspecified atom stereocenters. The number of aliphatic carboxylic acids is 1. The van der Waals surface area contributed by atoms with Crippen LogP contribution in [0.15, 0.2) is 6.07 Å². The molecular weight excluding hydrogens is 288 g/mol. The van der Waals surface area contributed by atoms with Crippen LogP contribution in [0.25, 0.3) is 0 Å². The van der Waals surface area contributed by atoms with Gasteiger partial charge in [0.1, 0.15) is 5.02 Å². The Bertz CT molecular complexity index is 371. The summed E-state index contributed by atoms with van der Waals surface area (Å²) in [5.74, 6) is -1.18. The van der Waals surface area contributed by atoms with Gasteiger partial charge in [0.15, 0.2) is 11.8 Å². The first kappa shape index (κ1) is 14.6. The predicted molar refractivity (Wildman–Crippen MR) is 59.6 cm³/mol. The fourth-order valence-corrected chi connectivity index (χ4v) is 1.20. The molecule has 0 atom stereocenters. The Morgan fingerprint density at radius 3 is 2.53 bits per heavy atom. The minimum atomic E-state index is -1.13. The smallest absolute Gasteiger partial charge is 0.341 e. The highest BCUT2D eigenvalue weighted by Crippen LogP contribution is 2.30. The minimum Gasteiger partial charge on any atom is -0.479 e. The molecule has 0 saturated heterocycles. The molecule has 0 fully saturated rings. The molecule has 0 spiro atoms. The second kappa shape index (κ2) is 6.23. The number of carboxylic acid groups (broad SMARTS) is 1. The molecule has 84 valence electrons. The van der Waals surface area contributed by atoms with Crippen LogP contribution in [0.4, 0.5) is 0 Å². The van der Waals surface area contributed by atoms with E-state index in [9.17, 15) is 4.79 Å². The summed E-state index contributed by atoms with van der Waals surface area (Å²) >= 11 is 16.8. The monoisotopic (exact) mass is 291 g/mol. The summed E-state index contributed by atoms with van der Waals surface area (Å²) < 4.78 is 4.75. The van der Waals surface area contributed by atoms with Gasteiger partial charge in [-0.2, -0.15) is 4.98 Å². The van der Waals surface area contributed by atoms with E-state index in [4.69, 9.17) is 44.6 Å². The minimum absolute atomic E-state index is 0. The molecule has 1 heterocycles. The largest absolute Gasteiger partial charge is 0.479 e. The molecule has 0 aromatic carbocycles. The molecule has 0 aliphatic carbocycles. The standard InChI is InChI=1S/C7H4Cl3NO3.ClH/c8-3-1-4(9)7(11-6(3)10)14-2-5(12)13;/h1H,2H2,(H,12,13);1H. The molecule has 4 nitrogen and oxygen atoms in total. The van der Waals surface area contributed by atoms with Gasteiger partial charge in [0.25, 0.3) is 0 Å². The number of hydrogen-bond donors (Lipinski definition) is 1. The average molecular weight is 293 g/mol. The number of rotatable bonds is 3. The fraction of sp³-hybridized carbons (Fsp3) is 0.143. The first-order valence-electron chi connectivity index (χ1n) is 3.37. The van der Waals surface area contributed by atoms with Gasteiger partial charge in [0, 0.05) is 0 Å². The Morgan fingerprint density at radius 2 is 2.00 bits per heavy atom. The molecule has 0 amide bonds. The third-order valence-corrected chi connectivity index (χ3v) is 2.13. The van der Waals surface area contributed by atoms with Gasteiger partial charge in [-0.15, -0.1) is 12.4 Å². The molecule has 8 heteroatoms. The van der Waals surface area contributed by atoms with Crippen molar-refractivity contribution in [3.05, 3.63) is 21.3 Å². The Morgan fingerprint density at radius 1 is 1.40 bits per heavy atom. The average Bonchev–Trinajstić information content (AvgIpc) is 2.09. The van der Waals surface area contributed by atoms with Crippen molar-refractivity contribution in [3.63, 3.8) is 0 Å². The van der Waals surface area contributed by atoms with E-state index >= 15 is 0 Å². The second-order valence-electron chi connectivity index (χ2n) is 2.23. The molecule has 1 aromatic heterocycles. The van der Waals surface area contributed by atoms with Crippen molar-refractivity contribution in [1.82, 2.24) is 4.98 Å². The molecule has 1 N–H and O–H groups in total. The van der Waals surface area contributed by atoms with Gasteiger partial charge >= 0.3 is 5.97 Å². The highest BCUT2D eigenvalue weighted by molar-refractivity contribution is 6.42. The second-order valence-corrected chi connectivity index (χ2v) is 3.40. The van der Waals surface area contributed by atoms with E-state index in [1.165, 1.54) is 6.07 Å². The van der Waals surface area contributed by atoms with Crippen LogP contribution in [-0.2, 0) is 4.79 Å². The van der Waals surface area contributed by atoms with Crippen molar-refractivity contribution in [3.8, 4) is 5.88 Å². The maximum Gasteiger partial charge on any atom is 0.341 e. The van der Waals surface area contributed by atoms with E-state index in [0.29, 0.717) is 0 Å². The van der Waals surface area contributed by atoms with Crippen LogP contribution in [0.3, 0.4) is 0 Å². The summed E-state index contributed by atoms with van der Waals surface area (Å²) in [7, 11) is 0. The fourth-order valence-electron chi connectivity index (χ4n) is 0.660. The van der Waals surface area contributed by atoms with E-state index in [1.54, 1.807) is 0 Å². The quantitative estimate of drug-likeness (QED) is 0.870. The normalized spacial score (nSPS) is 9.27. The predicted octanol–water partition coefficient (Wildman–Crippen LogP) is 2.93. The lowest BCUT2D eigenvalue weighted by Crippen LogP contribution is -2.10. The molecule has 0 aliphatic rings. The summed E-state index contributed by atoms with van der Waals surface area (Å²) in [6.07, 6.45) is 0. The van der Waals surface area contributed by atoms with E-state index in [2.05, 4.69) is 4.98 Å². The van der Waals surface area contributed by atoms with E-state index in [1.807, 2.05) is 0 Å². The Hall–Kier alpha value is -0.420. The Kier molecular flexibility index (Phi) is 6.05. The van der Waals surface area contributed by atoms with Gasteiger partial charge < -0.3 is 9.84 Å². The summed E-state index contributed by atoms with van der Waals surface area (Å²) in [6, 6.07) is 1.33.